The number of ether oxygens (including phenoxy) is 4. The van der Waals surface area contributed by atoms with Crippen LogP contribution in [0.1, 0.15) is 25.0 Å². The molecule has 3 aromatic rings. The number of nitrogens with zero attached hydrogens (tertiary/aromatic N) is 2. The van der Waals surface area contributed by atoms with Crippen LogP contribution in [0.3, 0.4) is 0 Å². The summed E-state index contributed by atoms with van der Waals surface area (Å²) in [5.74, 6) is -0.903. The molecule has 3 rings (SSSR count). The van der Waals surface area contributed by atoms with E-state index in [1.54, 1.807) is 19.1 Å². The summed E-state index contributed by atoms with van der Waals surface area (Å²) in [5.41, 5.74) is -1.83. The van der Waals surface area contributed by atoms with Crippen molar-refractivity contribution >= 4 is 5.97 Å². The SMILES string of the molecule is COc1cc(OC)nc(OC(C)(C(=O)O)C(C)(OCc2ccccc2)c2ccccc2)n1. The van der Waals surface area contributed by atoms with Crippen molar-refractivity contribution in [3.8, 4) is 17.8 Å². The number of methoxy groups -OCH3 is 2. The Morgan fingerprint density at radius 2 is 1.44 bits per heavy atom. The second kappa shape index (κ2) is 9.65. The third kappa shape index (κ3) is 4.65. The average Bonchev–Trinajstić information content (AvgIpc) is 2.83. The second-order valence-corrected chi connectivity index (χ2v) is 7.35. The molecule has 0 fully saturated rings. The van der Waals surface area contributed by atoms with Crippen molar-refractivity contribution in [3.63, 3.8) is 0 Å². The number of carboxylic acid groups (broad SMARTS) is 1. The molecule has 0 aliphatic carbocycles. The monoisotopic (exact) mass is 438 g/mol. The number of aliphatic carboxylic acids is 1. The van der Waals surface area contributed by atoms with Gasteiger partial charge in [-0.1, -0.05) is 60.7 Å². The van der Waals surface area contributed by atoms with E-state index in [-0.39, 0.29) is 24.4 Å². The van der Waals surface area contributed by atoms with Crippen LogP contribution in [0.15, 0.2) is 66.7 Å². The number of carboxylic acids is 1. The molecule has 2 unspecified atom stereocenters. The minimum atomic E-state index is -1.92. The van der Waals surface area contributed by atoms with Crippen LogP contribution in [-0.4, -0.2) is 40.9 Å². The average molecular weight is 438 g/mol. The predicted molar refractivity (Wildman–Crippen MR) is 117 cm³/mol. The Morgan fingerprint density at radius 3 is 1.94 bits per heavy atom. The summed E-state index contributed by atoms with van der Waals surface area (Å²) in [5, 5.41) is 10.3. The van der Waals surface area contributed by atoms with Gasteiger partial charge in [-0.2, -0.15) is 9.97 Å². The van der Waals surface area contributed by atoms with E-state index in [1.165, 1.54) is 27.2 Å². The molecular weight excluding hydrogens is 412 g/mol. The molecule has 1 N–H and O–H groups in total. The molecule has 1 heterocycles. The third-order valence-electron chi connectivity index (χ3n) is 5.39. The first-order valence-corrected chi connectivity index (χ1v) is 9.95. The lowest BCUT2D eigenvalue weighted by Crippen LogP contribution is -2.59. The lowest BCUT2D eigenvalue weighted by molar-refractivity contribution is -0.198. The van der Waals surface area contributed by atoms with Crippen LogP contribution in [0.5, 0.6) is 17.8 Å². The molecule has 8 nitrogen and oxygen atoms in total. The minimum Gasteiger partial charge on any atom is -0.481 e. The predicted octanol–water partition coefficient (Wildman–Crippen LogP) is 3.85. The third-order valence-corrected chi connectivity index (χ3v) is 5.39. The first-order chi connectivity index (χ1) is 15.3. The lowest BCUT2D eigenvalue weighted by atomic mass is 9.79. The highest BCUT2D eigenvalue weighted by molar-refractivity contribution is 5.79. The van der Waals surface area contributed by atoms with E-state index in [1.807, 2.05) is 48.5 Å². The van der Waals surface area contributed by atoms with Crippen LogP contribution in [0, 0.1) is 0 Å². The smallest absolute Gasteiger partial charge is 0.351 e. The maximum Gasteiger partial charge on any atom is 0.351 e. The van der Waals surface area contributed by atoms with Crippen LogP contribution in [0.2, 0.25) is 0 Å². The number of benzene rings is 2. The largest absolute Gasteiger partial charge is 0.481 e. The van der Waals surface area contributed by atoms with E-state index < -0.39 is 17.2 Å². The van der Waals surface area contributed by atoms with E-state index in [4.69, 9.17) is 18.9 Å². The second-order valence-electron chi connectivity index (χ2n) is 7.35. The Bertz CT molecular complexity index is 1020. The molecule has 0 bridgehead atoms. The van der Waals surface area contributed by atoms with E-state index >= 15 is 0 Å². The fraction of sp³-hybridized carbons (Fsp3) is 0.292. The zero-order valence-corrected chi connectivity index (χ0v) is 18.4. The molecule has 168 valence electrons. The van der Waals surface area contributed by atoms with Crippen molar-refractivity contribution in [2.24, 2.45) is 0 Å². The van der Waals surface area contributed by atoms with E-state index in [0.717, 1.165) is 5.56 Å². The molecule has 0 amide bonds. The van der Waals surface area contributed by atoms with Gasteiger partial charge in [-0.05, 0) is 25.0 Å². The molecule has 0 aliphatic rings. The van der Waals surface area contributed by atoms with Gasteiger partial charge < -0.3 is 24.1 Å². The Kier molecular flexibility index (Phi) is 6.95. The summed E-state index contributed by atoms with van der Waals surface area (Å²) in [6, 6.07) is 19.8. The molecule has 0 spiro atoms. The molecule has 0 saturated carbocycles. The first kappa shape index (κ1) is 23.0. The summed E-state index contributed by atoms with van der Waals surface area (Å²) >= 11 is 0. The Hall–Kier alpha value is -3.65. The summed E-state index contributed by atoms with van der Waals surface area (Å²) in [4.78, 5) is 20.9. The number of carbonyl (C=O) groups is 1. The number of hydrogen-bond donors (Lipinski definition) is 1. The molecular formula is C24H26N2O6. The molecule has 1 aromatic heterocycles. The number of hydrogen-bond acceptors (Lipinski definition) is 7. The summed E-state index contributed by atoms with van der Waals surface area (Å²) in [6.45, 7) is 3.28. The van der Waals surface area contributed by atoms with Crippen LogP contribution >= 0.6 is 0 Å². The molecule has 8 heteroatoms. The van der Waals surface area contributed by atoms with E-state index in [0.29, 0.717) is 5.56 Å². The van der Waals surface area contributed by atoms with Gasteiger partial charge in [0.25, 0.3) is 0 Å². The normalized spacial score (nSPS) is 14.6. The zero-order valence-electron chi connectivity index (χ0n) is 18.4. The van der Waals surface area contributed by atoms with Gasteiger partial charge in [-0.25, -0.2) is 4.79 Å². The van der Waals surface area contributed by atoms with Crippen molar-refractivity contribution in [1.29, 1.82) is 0 Å². The maximum absolute atomic E-state index is 12.6. The van der Waals surface area contributed by atoms with E-state index in [2.05, 4.69) is 9.97 Å². The molecule has 2 aromatic carbocycles. The number of aromatic nitrogens is 2. The molecule has 32 heavy (non-hydrogen) atoms. The fourth-order valence-corrected chi connectivity index (χ4v) is 3.22. The highest BCUT2D eigenvalue weighted by Gasteiger charge is 2.56. The quantitative estimate of drug-likeness (QED) is 0.510. The van der Waals surface area contributed by atoms with Gasteiger partial charge in [-0.3, -0.25) is 0 Å². The van der Waals surface area contributed by atoms with Crippen molar-refractivity contribution < 1.29 is 28.8 Å². The van der Waals surface area contributed by atoms with Crippen LogP contribution in [-0.2, 0) is 21.7 Å². The highest BCUT2D eigenvalue weighted by atomic mass is 16.6. The highest BCUT2D eigenvalue weighted by Crippen LogP contribution is 2.41. The van der Waals surface area contributed by atoms with Gasteiger partial charge in [0.1, 0.15) is 5.60 Å². The van der Waals surface area contributed by atoms with Gasteiger partial charge >= 0.3 is 12.0 Å². The standard InChI is InChI=1S/C24H26N2O6/c1-23(18-13-9-6-10-14-18,31-16-17-11-7-5-8-12-17)24(2,21(27)28)32-22-25-19(29-3)15-20(26-22)30-4/h5-15H,16H2,1-4H3,(H,27,28). The van der Waals surface area contributed by atoms with Gasteiger partial charge in [-0.15, -0.1) is 0 Å². The Balaban J connectivity index is 2.07. The van der Waals surface area contributed by atoms with Gasteiger partial charge in [0, 0.05) is 0 Å². The van der Waals surface area contributed by atoms with Crippen LogP contribution < -0.4 is 14.2 Å². The van der Waals surface area contributed by atoms with Gasteiger partial charge in [0.05, 0.1) is 26.9 Å². The van der Waals surface area contributed by atoms with Crippen LogP contribution in [0.4, 0.5) is 0 Å². The van der Waals surface area contributed by atoms with Crippen molar-refractivity contribution in [2.45, 2.75) is 31.7 Å². The Labute approximate surface area is 186 Å². The van der Waals surface area contributed by atoms with Gasteiger partial charge in [0.15, 0.2) is 0 Å². The molecule has 0 radical (unpaired) electrons. The van der Waals surface area contributed by atoms with Crippen LogP contribution in [0.25, 0.3) is 0 Å². The molecule has 0 aliphatic heterocycles. The summed E-state index contributed by atoms with van der Waals surface area (Å²) < 4.78 is 22.6. The first-order valence-electron chi connectivity index (χ1n) is 9.95. The molecule has 2 atom stereocenters. The summed E-state index contributed by atoms with van der Waals surface area (Å²) in [7, 11) is 2.86. The van der Waals surface area contributed by atoms with Crippen molar-refractivity contribution in [1.82, 2.24) is 9.97 Å². The number of rotatable bonds is 10. The molecule has 0 saturated heterocycles. The van der Waals surface area contributed by atoms with Gasteiger partial charge in [0.2, 0.25) is 17.4 Å². The van der Waals surface area contributed by atoms with Crippen molar-refractivity contribution in [2.75, 3.05) is 14.2 Å². The lowest BCUT2D eigenvalue weighted by Gasteiger charge is -2.42. The zero-order chi connectivity index (χ0) is 23.2. The minimum absolute atomic E-state index is 0.167. The fourth-order valence-electron chi connectivity index (χ4n) is 3.22. The topological polar surface area (TPSA) is 100 Å². The van der Waals surface area contributed by atoms with Crippen molar-refractivity contribution in [3.05, 3.63) is 77.9 Å². The summed E-state index contributed by atoms with van der Waals surface area (Å²) in [6.07, 6.45) is 0. The maximum atomic E-state index is 12.6. The Morgan fingerprint density at radius 1 is 0.906 bits per heavy atom. The van der Waals surface area contributed by atoms with E-state index in [9.17, 15) is 9.90 Å².